The maximum Gasteiger partial charge on any atom is 0.364 e. The first kappa shape index (κ1) is 95.7. The Balaban J connectivity index is 1.47. The number of carboxylic acids is 1. The molecule has 0 aromatic heterocycles. The van der Waals surface area contributed by atoms with E-state index in [1.54, 1.807) is 6.08 Å². The Morgan fingerprint density at radius 2 is 0.894 bits per heavy atom. The molecule has 3 saturated heterocycles. The molecule has 0 radical (unpaired) electrons. The molecule has 14 N–H and O–H groups in total. The highest BCUT2D eigenvalue weighted by molar-refractivity contribution is 5.77. The molecule has 3 aliphatic heterocycles. The average molecular weight is 1490 g/mol. The number of unbranched alkanes of at least 4 members (excludes halogenated alkanes) is 47. The zero-order valence-electron chi connectivity index (χ0n) is 64.9. The standard InChI is InChI=1S/C81H152N2O21/c1-4-6-8-10-12-14-16-18-20-22-24-25-26-27-28-29-30-31-32-33-34-35-37-39-41-43-45-47-49-51-53-55-68(91)83-62(63(88)54-52-50-48-46-44-42-40-38-36-23-21-19-17-15-13-11-9-7-5-2)60-99-78-73(95)72(94)75(67(59-86)101-78)102-79-74(96)77(71(93)66(58-85)100-79)104-81(80(97)98)56-64(89)69(82-61(3)87)76(103-81)70(92)65(90)57-84/h52,54,62-67,69-79,84-86,88-90,92-96H,4-51,53,55-60H2,1-3H3,(H,82,87)(H,83,91)(H,97,98)/b54-52+. The first-order chi connectivity index (χ1) is 50.4. The molecule has 3 aliphatic rings. The van der Waals surface area contributed by atoms with Crippen molar-refractivity contribution in [2.75, 3.05) is 26.4 Å². The molecule has 612 valence electrons. The molecule has 23 heteroatoms. The average Bonchev–Trinajstić information content (AvgIpc) is 0.753. The van der Waals surface area contributed by atoms with Gasteiger partial charge in [0.1, 0.15) is 67.1 Å². The largest absolute Gasteiger partial charge is 0.477 e. The number of carbonyl (C=O) groups is 3. The Morgan fingerprint density at radius 1 is 0.500 bits per heavy atom. The maximum atomic E-state index is 13.6. The van der Waals surface area contributed by atoms with Crippen LogP contribution in [0.15, 0.2) is 12.2 Å². The van der Waals surface area contributed by atoms with Crippen LogP contribution in [-0.4, -0.2) is 215 Å². The Labute approximate surface area is 626 Å². The van der Waals surface area contributed by atoms with E-state index in [-0.39, 0.29) is 12.3 Å². The van der Waals surface area contributed by atoms with Gasteiger partial charge in [0.2, 0.25) is 11.8 Å². The van der Waals surface area contributed by atoms with Gasteiger partial charge >= 0.3 is 5.97 Å². The van der Waals surface area contributed by atoms with E-state index in [2.05, 4.69) is 24.5 Å². The van der Waals surface area contributed by atoms with E-state index in [9.17, 15) is 75.7 Å². The van der Waals surface area contributed by atoms with Gasteiger partial charge in [-0.15, -0.1) is 0 Å². The van der Waals surface area contributed by atoms with Crippen molar-refractivity contribution in [2.24, 2.45) is 0 Å². The lowest BCUT2D eigenvalue weighted by Gasteiger charge is -2.50. The molecule has 2 amide bonds. The van der Waals surface area contributed by atoms with Crippen molar-refractivity contribution >= 4 is 17.8 Å². The van der Waals surface area contributed by atoms with Crippen molar-refractivity contribution < 1.29 is 104 Å². The minimum Gasteiger partial charge on any atom is -0.477 e. The summed E-state index contributed by atoms with van der Waals surface area (Å²) in [5, 5.41) is 136. The van der Waals surface area contributed by atoms with Crippen molar-refractivity contribution in [1.29, 1.82) is 0 Å². The predicted octanol–water partition coefficient (Wildman–Crippen LogP) is 11.7. The molecule has 3 heterocycles. The number of rotatable bonds is 67. The van der Waals surface area contributed by atoms with Gasteiger partial charge in [0.05, 0.1) is 50.7 Å². The summed E-state index contributed by atoms with van der Waals surface area (Å²) in [5.41, 5.74) is 0. The molecule has 0 bridgehead atoms. The number of hydrogen-bond donors (Lipinski definition) is 14. The van der Waals surface area contributed by atoms with E-state index in [1.807, 2.05) is 6.08 Å². The summed E-state index contributed by atoms with van der Waals surface area (Å²) in [7, 11) is 0. The number of carbonyl (C=O) groups excluding carboxylic acids is 2. The molecule has 0 spiro atoms. The summed E-state index contributed by atoms with van der Waals surface area (Å²) in [6, 6.07) is -2.62. The van der Waals surface area contributed by atoms with Gasteiger partial charge in [0.25, 0.3) is 5.79 Å². The van der Waals surface area contributed by atoms with Gasteiger partial charge < -0.3 is 100 Å². The number of allylic oxidation sites excluding steroid dienone is 1. The van der Waals surface area contributed by atoms with Crippen LogP contribution in [0.3, 0.4) is 0 Å². The molecular weight excluding hydrogens is 1340 g/mol. The first-order valence-corrected chi connectivity index (χ1v) is 42.1. The molecule has 0 aromatic carbocycles. The maximum absolute atomic E-state index is 13.6. The van der Waals surface area contributed by atoms with Gasteiger partial charge in [-0.1, -0.05) is 321 Å². The van der Waals surface area contributed by atoms with Crippen LogP contribution in [0.5, 0.6) is 0 Å². The number of nitrogens with one attached hydrogen (secondary N) is 2. The number of aliphatic hydroxyl groups is 11. The lowest BCUT2D eigenvalue weighted by molar-refractivity contribution is -0.386. The van der Waals surface area contributed by atoms with Crippen molar-refractivity contribution in [2.45, 2.75) is 458 Å². The Kier molecular flexibility index (Phi) is 55.4. The van der Waals surface area contributed by atoms with Gasteiger partial charge in [-0.2, -0.15) is 0 Å². The molecule has 104 heavy (non-hydrogen) atoms. The molecule has 18 atom stereocenters. The monoisotopic (exact) mass is 1490 g/mol. The minimum atomic E-state index is -3.08. The highest BCUT2D eigenvalue weighted by Gasteiger charge is 2.60. The highest BCUT2D eigenvalue weighted by Crippen LogP contribution is 2.39. The molecule has 0 saturated carbocycles. The third kappa shape index (κ3) is 39.9. The van der Waals surface area contributed by atoms with E-state index in [0.29, 0.717) is 12.8 Å². The van der Waals surface area contributed by atoms with Crippen LogP contribution in [0, 0.1) is 0 Å². The second-order valence-electron chi connectivity index (χ2n) is 30.7. The van der Waals surface area contributed by atoms with E-state index in [1.165, 1.54) is 257 Å². The topological polar surface area (TPSA) is 373 Å². The SMILES string of the molecule is CCCCCCCCCCCCCCCCCCC/C=C/C(O)C(COC1OC(CO)C(OC2OC(CO)C(O)C(OC3(C(=O)O)CC(O)C(NC(C)=O)C(C(O)C(O)CO)O3)C2O)C(O)C1O)NC(=O)CCCCCCCCCCCCCCCCCCCCCCCCCCCCCCCCC. The highest BCUT2D eigenvalue weighted by atomic mass is 16.8. The number of amides is 2. The summed E-state index contributed by atoms with van der Waals surface area (Å²) in [5.74, 6) is -6.13. The van der Waals surface area contributed by atoms with Gasteiger partial charge in [-0.05, 0) is 19.3 Å². The molecule has 0 aromatic rings. The third-order valence-corrected chi connectivity index (χ3v) is 21.5. The fourth-order valence-electron chi connectivity index (χ4n) is 14.8. The lowest BCUT2D eigenvalue weighted by atomic mass is 9.88. The molecule has 3 fully saturated rings. The van der Waals surface area contributed by atoms with E-state index in [0.717, 1.165) is 51.9 Å². The van der Waals surface area contributed by atoms with Crippen molar-refractivity contribution in [3.05, 3.63) is 12.2 Å². The molecule has 3 rings (SSSR count). The van der Waals surface area contributed by atoms with Crippen LogP contribution >= 0.6 is 0 Å². The Morgan fingerprint density at radius 3 is 1.28 bits per heavy atom. The third-order valence-electron chi connectivity index (χ3n) is 21.5. The number of aliphatic carboxylic acids is 1. The van der Waals surface area contributed by atoms with Crippen LogP contribution < -0.4 is 10.6 Å². The number of hydrogen-bond acceptors (Lipinski definition) is 20. The number of carboxylic acid groups (broad SMARTS) is 1. The second kappa shape index (κ2) is 60.2. The minimum absolute atomic E-state index is 0.206. The molecular formula is C81H152N2O21. The van der Waals surface area contributed by atoms with Crippen LogP contribution in [0.4, 0.5) is 0 Å². The lowest BCUT2D eigenvalue weighted by Crippen LogP contribution is -2.70. The van der Waals surface area contributed by atoms with Crippen molar-refractivity contribution in [1.82, 2.24) is 10.6 Å². The molecule has 23 nitrogen and oxygen atoms in total. The van der Waals surface area contributed by atoms with Crippen LogP contribution in [0.2, 0.25) is 0 Å². The zero-order valence-corrected chi connectivity index (χ0v) is 64.9. The fraction of sp³-hybridized carbons (Fsp3) is 0.938. The zero-order chi connectivity index (χ0) is 76.0. The van der Waals surface area contributed by atoms with Gasteiger partial charge in [0, 0.05) is 19.8 Å². The summed E-state index contributed by atoms with van der Waals surface area (Å²) in [4.78, 5) is 38.7. The van der Waals surface area contributed by atoms with Crippen molar-refractivity contribution in [3.63, 3.8) is 0 Å². The summed E-state index contributed by atoms with van der Waals surface area (Å²) in [6.07, 6.45) is 36.9. The van der Waals surface area contributed by atoms with E-state index in [4.69, 9.17) is 28.4 Å². The molecule has 0 aliphatic carbocycles. The molecule has 18 unspecified atom stereocenters. The summed E-state index contributed by atoms with van der Waals surface area (Å²) < 4.78 is 34.9. The quantitative estimate of drug-likeness (QED) is 0.0199. The predicted molar refractivity (Wildman–Crippen MR) is 403 cm³/mol. The van der Waals surface area contributed by atoms with Crippen LogP contribution in [0.25, 0.3) is 0 Å². The summed E-state index contributed by atoms with van der Waals surface area (Å²) in [6.45, 7) is 2.20. The van der Waals surface area contributed by atoms with Gasteiger partial charge in [-0.3, -0.25) is 9.59 Å². The van der Waals surface area contributed by atoms with Gasteiger partial charge in [-0.25, -0.2) is 4.79 Å². The summed E-state index contributed by atoms with van der Waals surface area (Å²) >= 11 is 0. The number of aliphatic hydroxyl groups excluding tert-OH is 11. The fourth-order valence-corrected chi connectivity index (χ4v) is 14.8. The normalized spacial score (nSPS) is 26.4. The Hall–Kier alpha value is -2.53. The van der Waals surface area contributed by atoms with Gasteiger partial charge in [0.15, 0.2) is 12.6 Å². The Bertz CT molecular complexity index is 2120. The van der Waals surface area contributed by atoms with Crippen molar-refractivity contribution in [3.8, 4) is 0 Å². The second-order valence-corrected chi connectivity index (χ2v) is 30.7. The van der Waals surface area contributed by atoms with E-state index >= 15 is 0 Å². The van der Waals surface area contributed by atoms with Crippen LogP contribution in [-0.2, 0) is 42.8 Å². The van der Waals surface area contributed by atoms with Crippen LogP contribution in [0.1, 0.15) is 348 Å². The van der Waals surface area contributed by atoms with E-state index < -0.39 is 155 Å². The smallest absolute Gasteiger partial charge is 0.364 e. The first-order valence-electron chi connectivity index (χ1n) is 42.1. The number of ether oxygens (including phenoxy) is 6.